The Morgan fingerprint density at radius 1 is 1.29 bits per heavy atom. The first-order valence-electron chi connectivity index (χ1n) is 5.76. The summed E-state index contributed by atoms with van der Waals surface area (Å²) in [4.78, 5) is 11.5. The van der Waals surface area contributed by atoms with Gasteiger partial charge in [0, 0.05) is 19.2 Å². The fraction of sp³-hybridized carbons (Fsp3) is 0.909. The zero-order valence-corrected chi connectivity index (χ0v) is 11.9. The minimum atomic E-state index is -0.426. The number of hydrogen-bond acceptors (Lipinski definition) is 4. The zero-order valence-electron chi connectivity index (χ0n) is 11.1. The first-order chi connectivity index (χ1) is 7.61. The highest BCUT2D eigenvalue weighted by Crippen LogP contribution is 1.91. The van der Waals surface area contributed by atoms with Crippen LogP contribution in [0.4, 0.5) is 0 Å². The van der Waals surface area contributed by atoms with Gasteiger partial charge in [-0.3, -0.25) is 4.79 Å². The Morgan fingerprint density at radius 3 is 2.47 bits per heavy atom. The molecule has 0 aromatic carbocycles. The predicted molar refractivity (Wildman–Crippen MR) is 70.7 cm³/mol. The van der Waals surface area contributed by atoms with Gasteiger partial charge in [0.25, 0.3) is 0 Å². The lowest BCUT2D eigenvalue weighted by Crippen LogP contribution is -2.42. The zero-order chi connectivity index (χ0) is 12.4. The second kappa shape index (κ2) is 12.1. The van der Waals surface area contributed by atoms with E-state index in [0.717, 1.165) is 0 Å². The topological polar surface area (TPSA) is 59.6 Å². The maximum Gasteiger partial charge on any atom is 0.248 e. The number of halogens is 1. The van der Waals surface area contributed by atoms with Gasteiger partial charge in [-0.1, -0.05) is 0 Å². The molecule has 17 heavy (non-hydrogen) atoms. The van der Waals surface area contributed by atoms with Gasteiger partial charge in [0.15, 0.2) is 0 Å². The van der Waals surface area contributed by atoms with Crippen LogP contribution in [0, 0.1) is 0 Å². The van der Waals surface area contributed by atoms with Crippen molar-refractivity contribution >= 4 is 18.3 Å². The van der Waals surface area contributed by atoms with Crippen molar-refractivity contribution in [1.82, 2.24) is 10.6 Å². The highest BCUT2D eigenvalue weighted by molar-refractivity contribution is 5.85. The Morgan fingerprint density at radius 2 is 1.94 bits per heavy atom. The number of carbonyl (C=O) groups excluding carboxylic acids is 1. The van der Waals surface area contributed by atoms with E-state index in [1.54, 1.807) is 6.92 Å². The van der Waals surface area contributed by atoms with Crippen LogP contribution in [0.2, 0.25) is 0 Å². The largest absolute Gasteiger partial charge is 0.379 e. The quantitative estimate of drug-likeness (QED) is 0.601. The number of hydrogen-bond donors (Lipinski definition) is 2. The standard InChI is InChI=1S/C11H24N2O3.ClH/c1-5-15-6-7-16-10(3)11(14)13-8-9(2)12-4;/h9-10,12H,5-8H2,1-4H3,(H,13,14);1H. The minimum absolute atomic E-state index is 0. The number of rotatable bonds is 9. The summed E-state index contributed by atoms with van der Waals surface area (Å²) >= 11 is 0. The van der Waals surface area contributed by atoms with Crippen LogP contribution in [0.25, 0.3) is 0 Å². The van der Waals surface area contributed by atoms with E-state index >= 15 is 0 Å². The first-order valence-corrected chi connectivity index (χ1v) is 5.76. The van der Waals surface area contributed by atoms with E-state index in [1.165, 1.54) is 0 Å². The van der Waals surface area contributed by atoms with E-state index in [0.29, 0.717) is 26.4 Å². The third-order valence-corrected chi connectivity index (χ3v) is 2.24. The third kappa shape index (κ3) is 10.5. The van der Waals surface area contributed by atoms with Crippen LogP contribution >= 0.6 is 12.4 Å². The lowest BCUT2D eigenvalue weighted by molar-refractivity contribution is -0.132. The van der Waals surface area contributed by atoms with Gasteiger partial charge >= 0.3 is 0 Å². The van der Waals surface area contributed by atoms with E-state index < -0.39 is 6.10 Å². The van der Waals surface area contributed by atoms with Crippen molar-refractivity contribution in [3.05, 3.63) is 0 Å². The fourth-order valence-corrected chi connectivity index (χ4v) is 1.00. The van der Waals surface area contributed by atoms with E-state index in [4.69, 9.17) is 9.47 Å². The van der Waals surface area contributed by atoms with Crippen LogP contribution in [0.3, 0.4) is 0 Å². The molecule has 0 aliphatic heterocycles. The van der Waals surface area contributed by atoms with Gasteiger partial charge in [-0.2, -0.15) is 0 Å². The molecular formula is C11H25ClN2O3. The molecule has 0 fully saturated rings. The Kier molecular flexibility index (Phi) is 13.5. The Labute approximate surface area is 110 Å². The Balaban J connectivity index is 0. The minimum Gasteiger partial charge on any atom is -0.379 e. The maximum absolute atomic E-state index is 11.5. The number of carbonyl (C=O) groups is 1. The maximum atomic E-state index is 11.5. The van der Waals surface area contributed by atoms with Gasteiger partial charge in [-0.25, -0.2) is 0 Å². The van der Waals surface area contributed by atoms with E-state index in [1.807, 2.05) is 20.9 Å². The predicted octanol–water partition coefficient (Wildman–Crippen LogP) is 0.574. The monoisotopic (exact) mass is 268 g/mol. The first kappa shape index (κ1) is 19.0. The molecule has 0 aliphatic rings. The summed E-state index contributed by atoms with van der Waals surface area (Å²) in [5, 5.41) is 5.85. The van der Waals surface area contributed by atoms with Gasteiger partial charge in [0.05, 0.1) is 13.2 Å². The lowest BCUT2D eigenvalue weighted by atomic mass is 10.3. The third-order valence-electron chi connectivity index (χ3n) is 2.24. The average Bonchev–Trinajstić information content (AvgIpc) is 2.30. The molecule has 0 heterocycles. The Hall–Kier alpha value is -0.360. The van der Waals surface area contributed by atoms with Crippen LogP contribution in [-0.4, -0.2) is 51.5 Å². The van der Waals surface area contributed by atoms with Crippen molar-refractivity contribution in [3.63, 3.8) is 0 Å². The van der Waals surface area contributed by atoms with Gasteiger partial charge < -0.3 is 20.1 Å². The Bertz CT molecular complexity index is 194. The van der Waals surface area contributed by atoms with Crippen LogP contribution in [0.15, 0.2) is 0 Å². The summed E-state index contributed by atoms with van der Waals surface area (Å²) in [5.74, 6) is -0.0846. The molecular weight excluding hydrogens is 244 g/mol. The van der Waals surface area contributed by atoms with E-state index in [-0.39, 0.29) is 24.4 Å². The van der Waals surface area contributed by atoms with Crippen molar-refractivity contribution in [2.24, 2.45) is 0 Å². The van der Waals surface area contributed by atoms with Crippen LogP contribution in [0.5, 0.6) is 0 Å². The summed E-state index contributed by atoms with van der Waals surface area (Å²) in [6.07, 6.45) is -0.426. The van der Waals surface area contributed by atoms with Crippen molar-refractivity contribution in [1.29, 1.82) is 0 Å². The van der Waals surface area contributed by atoms with Crippen LogP contribution in [-0.2, 0) is 14.3 Å². The summed E-state index contributed by atoms with van der Waals surface area (Å²) in [7, 11) is 1.86. The fourth-order valence-electron chi connectivity index (χ4n) is 1.00. The molecule has 0 rings (SSSR count). The summed E-state index contributed by atoms with van der Waals surface area (Å²) in [6, 6.07) is 0.263. The summed E-state index contributed by atoms with van der Waals surface area (Å²) in [5.41, 5.74) is 0. The molecule has 0 bridgehead atoms. The number of likely N-dealkylation sites (N-methyl/N-ethyl adjacent to an activating group) is 1. The van der Waals surface area contributed by atoms with Crippen molar-refractivity contribution < 1.29 is 14.3 Å². The van der Waals surface area contributed by atoms with Crippen LogP contribution in [0.1, 0.15) is 20.8 Å². The molecule has 0 saturated carbocycles. The van der Waals surface area contributed by atoms with Gasteiger partial charge in [-0.05, 0) is 27.8 Å². The number of nitrogens with one attached hydrogen (secondary N) is 2. The number of amides is 1. The van der Waals surface area contributed by atoms with Crippen molar-refractivity contribution in [2.45, 2.75) is 32.9 Å². The molecule has 1 amide bonds. The van der Waals surface area contributed by atoms with Gasteiger partial charge in [0.1, 0.15) is 6.10 Å². The van der Waals surface area contributed by atoms with Gasteiger partial charge in [-0.15, -0.1) is 12.4 Å². The molecule has 0 aliphatic carbocycles. The lowest BCUT2D eigenvalue weighted by Gasteiger charge is -2.15. The van der Waals surface area contributed by atoms with Crippen molar-refractivity contribution in [2.75, 3.05) is 33.4 Å². The number of ether oxygens (including phenoxy) is 2. The van der Waals surface area contributed by atoms with Gasteiger partial charge in [0.2, 0.25) is 5.91 Å². The van der Waals surface area contributed by atoms with E-state index in [2.05, 4.69) is 10.6 Å². The molecule has 2 unspecified atom stereocenters. The molecule has 2 N–H and O–H groups in total. The smallest absolute Gasteiger partial charge is 0.248 e. The molecule has 0 radical (unpaired) electrons. The normalized spacial score (nSPS) is 13.6. The molecule has 0 aromatic heterocycles. The molecule has 0 aromatic rings. The summed E-state index contributed by atoms with van der Waals surface area (Å²) in [6.45, 7) is 7.92. The van der Waals surface area contributed by atoms with Crippen LogP contribution < -0.4 is 10.6 Å². The molecule has 6 heteroatoms. The second-order valence-electron chi connectivity index (χ2n) is 3.64. The molecule has 0 spiro atoms. The molecule has 2 atom stereocenters. The summed E-state index contributed by atoms with van der Waals surface area (Å²) < 4.78 is 10.4. The highest BCUT2D eigenvalue weighted by Gasteiger charge is 2.13. The second-order valence-corrected chi connectivity index (χ2v) is 3.64. The molecule has 0 saturated heterocycles. The SMILES string of the molecule is CCOCCOC(C)C(=O)NCC(C)NC.Cl. The van der Waals surface area contributed by atoms with E-state index in [9.17, 15) is 4.79 Å². The van der Waals surface area contributed by atoms with Crippen molar-refractivity contribution in [3.8, 4) is 0 Å². The highest BCUT2D eigenvalue weighted by atomic mass is 35.5. The molecule has 5 nitrogen and oxygen atoms in total. The molecule has 104 valence electrons. The average molecular weight is 269 g/mol.